The molecular formula is C18H23N3O5. The molecule has 140 valence electrons. The summed E-state index contributed by atoms with van der Waals surface area (Å²) in [6.07, 6.45) is 1.21. The topological polar surface area (TPSA) is 93.9 Å². The van der Waals surface area contributed by atoms with Gasteiger partial charge in [0.15, 0.2) is 5.69 Å². The molecule has 8 nitrogen and oxygen atoms in total. The smallest absolute Gasteiger partial charge is 0.360 e. The van der Waals surface area contributed by atoms with E-state index in [2.05, 4.69) is 15.0 Å². The van der Waals surface area contributed by atoms with E-state index in [1.165, 1.54) is 20.5 Å². The van der Waals surface area contributed by atoms with Crippen molar-refractivity contribution >= 4 is 17.7 Å². The van der Waals surface area contributed by atoms with Crippen molar-refractivity contribution in [2.45, 2.75) is 32.9 Å². The maximum absolute atomic E-state index is 12.8. The van der Waals surface area contributed by atoms with Gasteiger partial charge >= 0.3 is 12.0 Å². The minimum atomic E-state index is -0.596. The molecule has 1 aromatic heterocycles. The zero-order valence-electron chi connectivity index (χ0n) is 15.5. The molecule has 0 saturated heterocycles. The van der Waals surface area contributed by atoms with Gasteiger partial charge in [-0.2, -0.15) is 0 Å². The molecule has 0 atom stereocenters. The molecule has 2 amide bonds. The Morgan fingerprint density at radius 1 is 1.23 bits per heavy atom. The maximum atomic E-state index is 12.8. The Labute approximate surface area is 152 Å². The van der Waals surface area contributed by atoms with Gasteiger partial charge in [0.05, 0.1) is 26.5 Å². The number of ether oxygens (including phenoxy) is 2. The van der Waals surface area contributed by atoms with Gasteiger partial charge in [-0.1, -0.05) is 12.1 Å². The minimum absolute atomic E-state index is 0.0569. The highest BCUT2D eigenvalue weighted by Gasteiger charge is 2.29. The summed E-state index contributed by atoms with van der Waals surface area (Å²) in [5.41, 5.74) is 0.0878. The standard InChI is InChI=1S/C18H23N3O5/c1-18(2,3)21(10-15-19-13(11-26-15)16(22)25-5)17(23)20-12-8-6-7-9-14(12)24-4/h6-9,11H,10H2,1-5H3,(H,20,23). The highest BCUT2D eigenvalue weighted by Crippen LogP contribution is 2.25. The lowest BCUT2D eigenvalue weighted by Gasteiger charge is -2.34. The van der Waals surface area contributed by atoms with Crippen LogP contribution in [-0.4, -0.2) is 41.6 Å². The summed E-state index contributed by atoms with van der Waals surface area (Å²) in [5, 5.41) is 2.83. The Morgan fingerprint density at radius 3 is 2.54 bits per heavy atom. The van der Waals surface area contributed by atoms with Gasteiger partial charge in [0.25, 0.3) is 0 Å². The molecule has 1 aromatic carbocycles. The lowest BCUT2D eigenvalue weighted by Crippen LogP contribution is -2.47. The number of anilines is 1. The Hall–Kier alpha value is -3.03. The van der Waals surface area contributed by atoms with Gasteiger partial charge in [-0.05, 0) is 32.9 Å². The molecule has 0 spiro atoms. The van der Waals surface area contributed by atoms with Crippen LogP contribution in [0.25, 0.3) is 0 Å². The molecule has 0 aliphatic carbocycles. The Balaban J connectivity index is 2.20. The van der Waals surface area contributed by atoms with Gasteiger partial charge in [0, 0.05) is 5.54 Å². The second-order valence-corrected chi connectivity index (χ2v) is 6.51. The van der Waals surface area contributed by atoms with E-state index in [1.54, 1.807) is 23.1 Å². The maximum Gasteiger partial charge on any atom is 0.360 e. The van der Waals surface area contributed by atoms with Crippen molar-refractivity contribution in [2.75, 3.05) is 19.5 Å². The largest absolute Gasteiger partial charge is 0.495 e. The quantitative estimate of drug-likeness (QED) is 0.821. The van der Waals surface area contributed by atoms with E-state index in [1.807, 2.05) is 26.8 Å². The molecule has 1 heterocycles. The molecule has 26 heavy (non-hydrogen) atoms. The Bertz CT molecular complexity index is 779. The number of esters is 1. The van der Waals surface area contributed by atoms with Crippen molar-refractivity contribution in [1.82, 2.24) is 9.88 Å². The van der Waals surface area contributed by atoms with Crippen LogP contribution >= 0.6 is 0 Å². The third-order valence-electron chi connectivity index (χ3n) is 3.64. The molecular weight excluding hydrogens is 338 g/mol. The summed E-state index contributed by atoms with van der Waals surface area (Å²) in [5.74, 6) is 0.190. The number of rotatable bonds is 5. The fourth-order valence-electron chi connectivity index (χ4n) is 2.26. The number of carbonyl (C=O) groups is 2. The molecule has 0 unspecified atom stereocenters. The van der Waals surface area contributed by atoms with Gasteiger partial charge in [-0.3, -0.25) is 0 Å². The molecule has 0 aliphatic rings. The Morgan fingerprint density at radius 2 is 1.92 bits per heavy atom. The number of urea groups is 1. The van der Waals surface area contributed by atoms with Crippen LogP contribution in [0.15, 0.2) is 34.9 Å². The lowest BCUT2D eigenvalue weighted by atomic mass is 10.1. The summed E-state index contributed by atoms with van der Waals surface area (Å²) in [6.45, 7) is 5.75. The fraction of sp³-hybridized carbons (Fsp3) is 0.389. The summed E-state index contributed by atoms with van der Waals surface area (Å²) in [7, 11) is 2.80. The zero-order valence-corrected chi connectivity index (χ0v) is 15.5. The number of hydrogen-bond acceptors (Lipinski definition) is 6. The highest BCUT2D eigenvalue weighted by molar-refractivity contribution is 5.91. The molecule has 2 rings (SSSR count). The highest BCUT2D eigenvalue weighted by atomic mass is 16.5. The van der Waals surface area contributed by atoms with Crippen molar-refractivity contribution in [3.05, 3.63) is 42.1 Å². The van der Waals surface area contributed by atoms with Crippen molar-refractivity contribution in [2.24, 2.45) is 0 Å². The molecule has 1 N–H and O–H groups in total. The van der Waals surface area contributed by atoms with Gasteiger partial charge in [0.2, 0.25) is 5.89 Å². The van der Waals surface area contributed by atoms with Gasteiger partial charge in [0.1, 0.15) is 12.0 Å². The third kappa shape index (κ3) is 4.53. The average molecular weight is 361 g/mol. The van der Waals surface area contributed by atoms with Crippen LogP contribution in [0.1, 0.15) is 37.2 Å². The molecule has 0 aliphatic heterocycles. The van der Waals surface area contributed by atoms with E-state index in [9.17, 15) is 9.59 Å². The van der Waals surface area contributed by atoms with Crippen LogP contribution in [0, 0.1) is 0 Å². The van der Waals surface area contributed by atoms with Crippen LogP contribution in [0.3, 0.4) is 0 Å². The summed E-state index contributed by atoms with van der Waals surface area (Å²) >= 11 is 0. The zero-order chi connectivity index (χ0) is 19.3. The van der Waals surface area contributed by atoms with Crippen molar-refractivity contribution in [3.63, 3.8) is 0 Å². The predicted octanol–water partition coefficient (Wildman–Crippen LogP) is 3.30. The number of carbonyl (C=O) groups excluding carboxylic acids is 2. The van der Waals surface area contributed by atoms with E-state index < -0.39 is 11.5 Å². The molecule has 2 aromatic rings. The minimum Gasteiger partial charge on any atom is -0.495 e. The number of hydrogen-bond donors (Lipinski definition) is 1. The van der Waals surface area contributed by atoms with Gasteiger partial charge in [-0.25, -0.2) is 14.6 Å². The predicted molar refractivity (Wildman–Crippen MR) is 95.2 cm³/mol. The first-order valence-corrected chi connectivity index (χ1v) is 8.00. The Kier molecular flexibility index (Phi) is 5.86. The van der Waals surface area contributed by atoms with Crippen LogP contribution in [-0.2, 0) is 11.3 Å². The second kappa shape index (κ2) is 7.90. The fourth-order valence-corrected chi connectivity index (χ4v) is 2.26. The lowest BCUT2D eigenvalue weighted by molar-refractivity contribution is 0.0594. The first-order chi connectivity index (χ1) is 12.3. The monoisotopic (exact) mass is 361 g/mol. The van der Waals surface area contributed by atoms with E-state index in [0.29, 0.717) is 11.4 Å². The summed E-state index contributed by atoms with van der Waals surface area (Å²) < 4.78 is 15.2. The van der Waals surface area contributed by atoms with Crippen LogP contribution in [0.4, 0.5) is 10.5 Å². The van der Waals surface area contributed by atoms with Crippen molar-refractivity contribution in [1.29, 1.82) is 0 Å². The number of para-hydroxylation sites is 2. The molecule has 0 saturated carbocycles. The molecule has 0 radical (unpaired) electrons. The number of aromatic nitrogens is 1. The second-order valence-electron chi connectivity index (χ2n) is 6.51. The van der Waals surface area contributed by atoms with E-state index in [-0.39, 0.29) is 24.2 Å². The number of nitrogens with one attached hydrogen (secondary N) is 1. The van der Waals surface area contributed by atoms with E-state index in [0.717, 1.165) is 0 Å². The van der Waals surface area contributed by atoms with Gasteiger partial charge < -0.3 is 24.1 Å². The van der Waals surface area contributed by atoms with Crippen molar-refractivity contribution < 1.29 is 23.5 Å². The normalized spacial score (nSPS) is 11.0. The average Bonchev–Trinajstić information content (AvgIpc) is 3.07. The van der Waals surface area contributed by atoms with Crippen LogP contribution in [0.2, 0.25) is 0 Å². The van der Waals surface area contributed by atoms with Crippen LogP contribution in [0.5, 0.6) is 5.75 Å². The number of amides is 2. The van der Waals surface area contributed by atoms with E-state index in [4.69, 9.17) is 9.15 Å². The molecule has 8 heteroatoms. The molecule has 0 bridgehead atoms. The van der Waals surface area contributed by atoms with Crippen molar-refractivity contribution in [3.8, 4) is 5.75 Å². The molecule has 0 fully saturated rings. The van der Waals surface area contributed by atoms with Crippen LogP contribution < -0.4 is 10.1 Å². The SMILES string of the molecule is COC(=O)c1coc(CN(C(=O)Nc2ccccc2OC)C(C)(C)C)n1. The number of nitrogens with zero attached hydrogens (tertiary/aromatic N) is 2. The third-order valence-corrected chi connectivity index (χ3v) is 3.64. The summed E-state index contributed by atoms with van der Waals surface area (Å²) in [6, 6.07) is 6.78. The first-order valence-electron chi connectivity index (χ1n) is 8.00. The van der Waals surface area contributed by atoms with E-state index >= 15 is 0 Å². The summed E-state index contributed by atoms with van der Waals surface area (Å²) in [4.78, 5) is 29.9. The number of methoxy groups -OCH3 is 2. The first kappa shape index (κ1) is 19.3. The number of benzene rings is 1. The van der Waals surface area contributed by atoms with Gasteiger partial charge in [-0.15, -0.1) is 0 Å². The number of oxazole rings is 1.